The normalized spacial score (nSPS) is 10.5. The molecule has 1 aromatic rings. The summed E-state index contributed by atoms with van der Waals surface area (Å²) in [6.45, 7) is 5.37. The van der Waals surface area contributed by atoms with Gasteiger partial charge in [-0.05, 0) is 40.9 Å². The molecular formula is C14H23BrN2. The Kier molecular flexibility index (Phi) is 7.25. The fourth-order valence-corrected chi connectivity index (χ4v) is 2.01. The van der Waals surface area contributed by atoms with E-state index in [-0.39, 0.29) is 0 Å². The van der Waals surface area contributed by atoms with Crippen molar-refractivity contribution in [1.29, 1.82) is 0 Å². The van der Waals surface area contributed by atoms with Crippen molar-refractivity contribution in [2.24, 2.45) is 0 Å². The zero-order valence-corrected chi connectivity index (χ0v) is 12.5. The number of nitrogens with one attached hydrogen (secondary N) is 1. The van der Waals surface area contributed by atoms with E-state index in [9.17, 15) is 0 Å². The van der Waals surface area contributed by atoms with E-state index < -0.39 is 0 Å². The van der Waals surface area contributed by atoms with Crippen LogP contribution in [0.4, 0.5) is 5.69 Å². The summed E-state index contributed by atoms with van der Waals surface area (Å²) in [6.07, 6.45) is 9.91. The Morgan fingerprint density at radius 3 is 2.59 bits per heavy atom. The van der Waals surface area contributed by atoms with Gasteiger partial charge in [-0.25, -0.2) is 4.98 Å². The molecule has 0 aliphatic heterocycles. The molecule has 1 aromatic heterocycles. The summed E-state index contributed by atoms with van der Waals surface area (Å²) in [5.41, 5.74) is 2.30. The summed E-state index contributed by atoms with van der Waals surface area (Å²) in [6, 6.07) is 2.13. The molecule has 0 bridgehead atoms. The molecular weight excluding hydrogens is 276 g/mol. The molecule has 0 aliphatic carbocycles. The lowest BCUT2D eigenvalue weighted by Crippen LogP contribution is -2.02. The number of pyridine rings is 1. The highest BCUT2D eigenvalue weighted by Gasteiger charge is 1.97. The van der Waals surface area contributed by atoms with Gasteiger partial charge in [0.2, 0.25) is 0 Å². The van der Waals surface area contributed by atoms with E-state index in [0.29, 0.717) is 0 Å². The maximum absolute atomic E-state index is 4.27. The van der Waals surface area contributed by atoms with Gasteiger partial charge in [0, 0.05) is 6.54 Å². The van der Waals surface area contributed by atoms with E-state index in [1.165, 1.54) is 44.1 Å². The zero-order chi connectivity index (χ0) is 12.5. The van der Waals surface area contributed by atoms with E-state index in [4.69, 9.17) is 0 Å². The minimum atomic E-state index is 0.933. The van der Waals surface area contributed by atoms with Crippen molar-refractivity contribution >= 4 is 21.6 Å². The predicted octanol–water partition coefficient (Wildman–Crippen LogP) is 4.92. The van der Waals surface area contributed by atoms with E-state index in [2.05, 4.69) is 46.1 Å². The summed E-state index contributed by atoms with van der Waals surface area (Å²) in [7, 11) is 0. The molecule has 0 saturated carbocycles. The van der Waals surface area contributed by atoms with Crippen molar-refractivity contribution in [3.8, 4) is 0 Å². The predicted molar refractivity (Wildman–Crippen MR) is 78.5 cm³/mol. The molecule has 3 heteroatoms. The van der Waals surface area contributed by atoms with E-state index in [0.717, 1.165) is 16.8 Å². The Morgan fingerprint density at radius 1 is 1.18 bits per heavy atom. The number of unbranched alkanes of at least 4 members (excludes halogenated alkanes) is 5. The Balaban J connectivity index is 2.11. The average Bonchev–Trinajstić information content (AvgIpc) is 2.32. The van der Waals surface area contributed by atoms with Crippen molar-refractivity contribution in [3.05, 3.63) is 22.4 Å². The molecule has 2 nitrogen and oxygen atoms in total. The van der Waals surface area contributed by atoms with Crippen molar-refractivity contribution in [1.82, 2.24) is 4.98 Å². The Hall–Kier alpha value is -0.570. The highest BCUT2D eigenvalue weighted by molar-refractivity contribution is 9.10. The van der Waals surface area contributed by atoms with Crippen LogP contribution >= 0.6 is 15.9 Å². The van der Waals surface area contributed by atoms with Crippen LogP contribution in [-0.2, 0) is 0 Å². The van der Waals surface area contributed by atoms with Crippen molar-refractivity contribution in [2.75, 3.05) is 11.9 Å². The van der Waals surface area contributed by atoms with Gasteiger partial charge in [0.25, 0.3) is 0 Å². The van der Waals surface area contributed by atoms with Crippen LogP contribution in [-0.4, -0.2) is 11.5 Å². The van der Waals surface area contributed by atoms with Gasteiger partial charge >= 0.3 is 0 Å². The van der Waals surface area contributed by atoms with Gasteiger partial charge in [-0.15, -0.1) is 0 Å². The minimum Gasteiger partial charge on any atom is -0.384 e. The third-order valence-electron chi connectivity index (χ3n) is 2.87. The smallest absolute Gasteiger partial charge is 0.109 e. The monoisotopic (exact) mass is 298 g/mol. The summed E-state index contributed by atoms with van der Waals surface area (Å²) in [5.74, 6) is 0. The van der Waals surface area contributed by atoms with Crippen LogP contribution in [0.15, 0.2) is 16.9 Å². The van der Waals surface area contributed by atoms with Crippen LogP contribution in [0, 0.1) is 6.92 Å². The second kappa shape index (κ2) is 8.51. The highest BCUT2D eigenvalue weighted by Crippen LogP contribution is 2.16. The Labute approximate surface area is 113 Å². The number of aryl methyl sites for hydroxylation is 1. The third-order valence-corrected chi connectivity index (χ3v) is 3.70. The van der Waals surface area contributed by atoms with Gasteiger partial charge in [0.15, 0.2) is 0 Å². The standard InChI is InChI=1S/C14H23BrN2/c1-3-4-5-6-7-8-9-16-13-10-12(2)14(15)17-11-13/h10-11,16H,3-9H2,1-2H3. The lowest BCUT2D eigenvalue weighted by Gasteiger charge is -2.07. The first kappa shape index (κ1) is 14.5. The first-order valence-electron chi connectivity index (χ1n) is 6.60. The fourth-order valence-electron chi connectivity index (χ4n) is 1.79. The second-order valence-corrected chi connectivity index (χ2v) is 5.28. The molecule has 0 amide bonds. The van der Waals surface area contributed by atoms with Gasteiger partial charge in [-0.1, -0.05) is 39.0 Å². The highest BCUT2D eigenvalue weighted by atomic mass is 79.9. The molecule has 0 radical (unpaired) electrons. The van der Waals surface area contributed by atoms with Crippen LogP contribution in [0.25, 0.3) is 0 Å². The molecule has 0 atom stereocenters. The van der Waals surface area contributed by atoms with E-state index in [1.807, 2.05) is 6.20 Å². The number of aromatic nitrogens is 1. The lowest BCUT2D eigenvalue weighted by molar-refractivity contribution is 0.617. The fraction of sp³-hybridized carbons (Fsp3) is 0.643. The first-order valence-corrected chi connectivity index (χ1v) is 7.39. The van der Waals surface area contributed by atoms with Crippen molar-refractivity contribution < 1.29 is 0 Å². The molecule has 0 spiro atoms. The van der Waals surface area contributed by atoms with Gasteiger partial charge in [-0.3, -0.25) is 0 Å². The Bertz CT molecular complexity index is 326. The minimum absolute atomic E-state index is 0.933. The molecule has 0 unspecified atom stereocenters. The molecule has 0 aliphatic rings. The number of hydrogen-bond acceptors (Lipinski definition) is 2. The van der Waals surface area contributed by atoms with Crippen LogP contribution in [0.2, 0.25) is 0 Å². The summed E-state index contributed by atoms with van der Waals surface area (Å²) < 4.78 is 0.933. The lowest BCUT2D eigenvalue weighted by atomic mass is 10.1. The van der Waals surface area contributed by atoms with Crippen LogP contribution in [0.5, 0.6) is 0 Å². The van der Waals surface area contributed by atoms with Crippen LogP contribution < -0.4 is 5.32 Å². The third kappa shape index (κ3) is 6.06. The van der Waals surface area contributed by atoms with Crippen molar-refractivity contribution in [2.45, 2.75) is 52.4 Å². The molecule has 1 rings (SSSR count). The van der Waals surface area contributed by atoms with E-state index in [1.54, 1.807) is 0 Å². The van der Waals surface area contributed by atoms with Crippen LogP contribution in [0.3, 0.4) is 0 Å². The first-order chi connectivity index (χ1) is 8.24. The molecule has 1 heterocycles. The molecule has 0 saturated heterocycles. The molecule has 1 N–H and O–H groups in total. The number of hydrogen-bond donors (Lipinski definition) is 1. The quantitative estimate of drug-likeness (QED) is 0.544. The van der Waals surface area contributed by atoms with E-state index >= 15 is 0 Å². The van der Waals surface area contributed by atoms with Gasteiger partial charge in [0.05, 0.1) is 11.9 Å². The van der Waals surface area contributed by atoms with Gasteiger partial charge in [-0.2, -0.15) is 0 Å². The number of nitrogens with zero attached hydrogens (tertiary/aromatic N) is 1. The van der Waals surface area contributed by atoms with Gasteiger partial charge in [0.1, 0.15) is 4.60 Å². The molecule has 0 aromatic carbocycles. The summed E-state index contributed by atoms with van der Waals surface area (Å²) in [4.78, 5) is 4.27. The maximum Gasteiger partial charge on any atom is 0.109 e. The second-order valence-electron chi connectivity index (χ2n) is 4.53. The summed E-state index contributed by atoms with van der Waals surface area (Å²) >= 11 is 3.41. The average molecular weight is 299 g/mol. The number of halogens is 1. The summed E-state index contributed by atoms with van der Waals surface area (Å²) in [5, 5.41) is 3.42. The largest absolute Gasteiger partial charge is 0.384 e. The SMILES string of the molecule is CCCCCCCCNc1cnc(Br)c(C)c1. The van der Waals surface area contributed by atoms with Crippen LogP contribution in [0.1, 0.15) is 51.0 Å². The van der Waals surface area contributed by atoms with Gasteiger partial charge < -0.3 is 5.32 Å². The zero-order valence-electron chi connectivity index (χ0n) is 10.9. The molecule has 17 heavy (non-hydrogen) atoms. The Morgan fingerprint density at radius 2 is 1.88 bits per heavy atom. The molecule has 0 fully saturated rings. The topological polar surface area (TPSA) is 24.9 Å². The van der Waals surface area contributed by atoms with Crippen molar-refractivity contribution in [3.63, 3.8) is 0 Å². The number of anilines is 1. The molecule has 96 valence electrons. The maximum atomic E-state index is 4.27. The number of rotatable bonds is 8.